The molecule has 3 aromatic rings. The Kier molecular flexibility index (Phi) is 5.87. The lowest BCUT2D eigenvalue weighted by Gasteiger charge is -2.20. The number of fused-ring (bicyclic) bond motifs is 1. The Morgan fingerprint density at radius 1 is 1.18 bits per heavy atom. The molecule has 0 radical (unpaired) electrons. The number of ether oxygens (including phenoxy) is 1. The second kappa shape index (κ2) is 9.12. The lowest BCUT2D eigenvalue weighted by Crippen LogP contribution is -2.35. The zero-order valence-corrected chi connectivity index (χ0v) is 19.0. The molecule has 10 heteroatoms. The molecule has 0 fully saturated rings. The van der Waals surface area contributed by atoms with E-state index in [1.807, 2.05) is 30.3 Å². The number of carbonyl (C=O) groups is 2. The van der Waals surface area contributed by atoms with E-state index in [9.17, 15) is 9.59 Å². The first kappa shape index (κ1) is 21.9. The Morgan fingerprint density at radius 3 is 2.74 bits per heavy atom. The van der Waals surface area contributed by atoms with Gasteiger partial charge in [-0.15, -0.1) is 0 Å². The average molecular weight is 491 g/mol. The maximum absolute atomic E-state index is 12.6. The van der Waals surface area contributed by atoms with Crippen molar-refractivity contribution in [3.8, 4) is 5.75 Å². The first-order chi connectivity index (χ1) is 16.5. The van der Waals surface area contributed by atoms with Crippen molar-refractivity contribution in [1.29, 1.82) is 5.41 Å². The molecule has 8 nitrogen and oxygen atoms in total. The highest BCUT2D eigenvalue weighted by molar-refractivity contribution is 8.26. The van der Waals surface area contributed by atoms with Crippen LogP contribution in [-0.4, -0.2) is 32.9 Å². The van der Waals surface area contributed by atoms with E-state index >= 15 is 0 Å². The second-order valence-corrected chi connectivity index (χ2v) is 8.68. The largest absolute Gasteiger partial charge is 0.457 e. The van der Waals surface area contributed by atoms with Crippen LogP contribution in [0, 0.1) is 5.41 Å². The fraction of sp³-hybridized carbons (Fsp3) is 0.0417. The molecular weight excluding hydrogens is 476 g/mol. The van der Waals surface area contributed by atoms with Crippen molar-refractivity contribution in [3.05, 3.63) is 94.4 Å². The molecule has 0 bridgehead atoms. The van der Waals surface area contributed by atoms with Gasteiger partial charge >= 0.3 is 5.97 Å². The molecule has 0 saturated heterocycles. The minimum atomic E-state index is -0.681. The van der Waals surface area contributed by atoms with Gasteiger partial charge in [-0.3, -0.25) is 10.2 Å². The molecule has 2 aliphatic heterocycles. The number of benzene rings is 2. The fourth-order valence-electron chi connectivity index (χ4n) is 3.27. The third-order valence-electron chi connectivity index (χ3n) is 4.89. The van der Waals surface area contributed by atoms with Crippen molar-refractivity contribution in [2.24, 2.45) is 10.1 Å². The summed E-state index contributed by atoms with van der Waals surface area (Å²) >= 11 is 7.55. The van der Waals surface area contributed by atoms with Crippen LogP contribution in [0.25, 0.3) is 6.08 Å². The van der Waals surface area contributed by atoms with Crippen LogP contribution in [-0.2, 0) is 11.2 Å². The summed E-state index contributed by atoms with van der Waals surface area (Å²) in [5.74, 6) is -1.10. The zero-order valence-electron chi connectivity index (χ0n) is 17.4. The molecule has 0 unspecified atom stereocenters. The van der Waals surface area contributed by atoms with Crippen molar-refractivity contribution in [1.82, 2.24) is 5.01 Å². The number of rotatable bonds is 5. The summed E-state index contributed by atoms with van der Waals surface area (Å²) in [6, 6.07) is 17.5. The van der Waals surface area contributed by atoms with Crippen LogP contribution in [0.3, 0.4) is 0 Å². The van der Waals surface area contributed by atoms with Gasteiger partial charge in [0.25, 0.3) is 5.91 Å². The Bertz CT molecular complexity index is 1400. The zero-order chi connectivity index (χ0) is 23.7. The lowest BCUT2D eigenvalue weighted by atomic mass is 10.1. The Hall–Kier alpha value is -3.95. The van der Waals surface area contributed by atoms with Gasteiger partial charge in [0, 0.05) is 6.42 Å². The summed E-state index contributed by atoms with van der Waals surface area (Å²) in [6.07, 6.45) is 3.45. The monoisotopic (exact) mass is 490 g/mol. The maximum Gasteiger partial charge on any atom is 0.379 e. The molecule has 3 heterocycles. The van der Waals surface area contributed by atoms with Crippen LogP contribution < -0.4 is 4.74 Å². The van der Waals surface area contributed by atoms with Gasteiger partial charge in [0.1, 0.15) is 10.8 Å². The van der Waals surface area contributed by atoms with Gasteiger partial charge in [0.15, 0.2) is 5.84 Å². The number of esters is 1. The topological polar surface area (TPSA) is 108 Å². The van der Waals surface area contributed by atoms with Crippen molar-refractivity contribution >= 4 is 57.4 Å². The number of halogens is 1. The number of carbonyl (C=O) groups excluding carboxylic acids is 2. The van der Waals surface area contributed by atoms with Crippen molar-refractivity contribution < 1.29 is 18.7 Å². The standard InChI is InChI=1S/C24H15ClN4O4S/c25-17-12-15(8-9-18(17)33-23(31)19-7-4-10-32-19)11-16-21(26)29-24(27-22(16)30)34-20(28-29)13-14-5-2-1-3-6-14/h1-12,26H,13H2. The number of hydrogen-bond donors (Lipinski definition) is 1. The smallest absolute Gasteiger partial charge is 0.379 e. The van der Waals surface area contributed by atoms with Gasteiger partial charge < -0.3 is 9.15 Å². The van der Waals surface area contributed by atoms with Crippen LogP contribution in [0.4, 0.5) is 0 Å². The Labute approximate surface area is 203 Å². The Morgan fingerprint density at radius 2 is 2.00 bits per heavy atom. The van der Waals surface area contributed by atoms with Gasteiger partial charge in [0.05, 0.1) is 16.9 Å². The molecule has 5 rings (SSSR count). The van der Waals surface area contributed by atoms with E-state index in [0.29, 0.717) is 17.2 Å². The Balaban J connectivity index is 1.35. The number of amidine groups is 2. The molecular formula is C24H15ClN4O4S. The third-order valence-corrected chi connectivity index (χ3v) is 6.09. The summed E-state index contributed by atoms with van der Waals surface area (Å²) in [5.41, 5.74) is 1.69. The molecule has 1 amide bonds. The van der Waals surface area contributed by atoms with Crippen molar-refractivity contribution in [2.45, 2.75) is 6.42 Å². The van der Waals surface area contributed by atoms with E-state index in [-0.39, 0.29) is 27.9 Å². The number of hydrazone groups is 1. The normalized spacial score (nSPS) is 16.4. The second-order valence-electron chi connectivity index (χ2n) is 7.23. The van der Waals surface area contributed by atoms with Crippen LogP contribution in [0.15, 0.2) is 87.0 Å². The summed E-state index contributed by atoms with van der Waals surface area (Å²) in [4.78, 5) is 28.8. The number of thioether (sulfide) groups is 1. The first-order valence-corrected chi connectivity index (χ1v) is 11.3. The molecule has 1 N–H and O–H groups in total. The van der Waals surface area contributed by atoms with Crippen LogP contribution in [0.5, 0.6) is 5.75 Å². The number of aliphatic imine (C=N–C) groups is 1. The maximum atomic E-state index is 12.6. The molecule has 2 aromatic carbocycles. The molecule has 0 saturated carbocycles. The minimum absolute atomic E-state index is 0.0489. The molecule has 168 valence electrons. The SMILES string of the molecule is N=C1C(=Cc2ccc(OC(=O)c3ccco3)c(Cl)c2)C(=O)N=C2SC(Cc3ccccc3)=NN12. The van der Waals surface area contributed by atoms with Crippen LogP contribution in [0.1, 0.15) is 21.7 Å². The first-order valence-electron chi connectivity index (χ1n) is 10.1. The summed E-state index contributed by atoms with van der Waals surface area (Å²) in [7, 11) is 0. The predicted octanol–water partition coefficient (Wildman–Crippen LogP) is 5.01. The fourth-order valence-corrected chi connectivity index (χ4v) is 4.42. The third kappa shape index (κ3) is 4.43. The highest BCUT2D eigenvalue weighted by Crippen LogP contribution is 2.31. The van der Waals surface area contributed by atoms with Crippen LogP contribution in [0.2, 0.25) is 5.02 Å². The van der Waals surface area contributed by atoms with Gasteiger partial charge in [-0.25, -0.2) is 4.79 Å². The summed E-state index contributed by atoms with van der Waals surface area (Å²) < 4.78 is 10.3. The number of nitrogens with one attached hydrogen (secondary N) is 1. The molecule has 0 spiro atoms. The van der Waals surface area contributed by atoms with Gasteiger partial charge in [0.2, 0.25) is 10.9 Å². The van der Waals surface area contributed by atoms with E-state index in [1.54, 1.807) is 12.1 Å². The minimum Gasteiger partial charge on any atom is -0.457 e. The summed E-state index contributed by atoms with van der Waals surface area (Å²) in [5, 5.41) is 15.6. The van der Waals surface area contributed by atoms with E-state index in [0.717, 1.165) is 10.6 Å². The highest BCUT2D eigenvalue weighted by Gasteiger charge is 2.35. The molecule has 1 aromatic heterocycles. The van der Waals surface area contributed by atoms with E-state index in [4.69, 9.17) is 26.2 Å². The molecule has 0 aliphatic carbocycles. The number of amides is 1. The molecule has 2 aliphatic rings. The summed E-state index contributed by atoms with van der Waals surface area (Å²) in [6.45, 7) is 0. The number of furan rings is 1. The van der Waals surface area contributed by atoms with E-state index < -0.39 is 11.9 Å². The predicted molar refractivity (Wildman–Crippen MR) is 130 cm³/mol. The van der Waals surface area contributed by atoms with Crippen LogP contribution >= 0.6 is 23.4 Å². The quantitative estimate of drug-likeness (QED) is 0.306. The van der Waals surface area contributed by atoms with Gasteiger partial charge in [-0.05, 0) is 53.2 Å². The van der Waals surface area contributed by atoms with Gasteiger partial charge in [-0.1, -0.05) is 48.0 Å². The lowest BCUT2D eigenvalue weighted by molar-refractivity contribution is -0.114. The van der Waals surface area contributed by atoms with Gasteiger partial charge in [-0.2, -0.15) is 15.1 Å². The number of hydrogen-bond acceptors (Lipinski definition) is 7. The van der Waals surface area contributed by atoms with E-state index in [2.05, 4.69) is 10.1 Å². The van der Waals surface area contributed by atoms with Crippen molar-refractivity contribution in [3.63, 3.8) is 0 Å². The average Bonchev–Trinajstić information content (AvgIpc) is 3.49. The molecule has 34 heavy (non-hydrogen) atoms. The number of nitrogens with zero attached hydrogens (tertiary/aromatic N) is 3. The molecule has 0 atom stereocenters. The highest BCUT2D eigenvalue weighted by atomic mass is 35.5. The van der Waals surface area contributed by atoms with E-state index in [1.165, 1.54) is 47.3 Å². The van der Waals surface area contributed by atoms with Crippen molar-refractivity contribution in [2.75, 3.05) is 0 Å².